The molecule has 0 aliphatic heterocycles. The molecule has 0 radical (unpaired) electrons. The van der Waals surface area contributed by atoms with Gasteiger partial charge in [0.1, 0.15) is 5.75 Å². The van der Waals surface area contributed by atoms with E-state index in [0.29, 0.717) is 5.75 Å². The Bertz CT molecular complexity index is 547. The SMILES string of the molecule is CCCCC(Sc1cc(C(C)(C)C)c(O)c(C(C)(C)C)c1)C(=O)Cl. The normalized spacial score (nSPS) is 13.8. The minimum Gasteiger partial charge on any atom is -0.507 e. The summed E-state index contributed by atoms with van der Waals surface area (Å²) in [5.41, 5.74) is 1.47. The van der Waals surface area contributed by atoms with E-state index in [-0.39, 0.29) is 21.3 Å². The average Bonchev–Trinajstić information content (AvgIpc) is 2.41. The third-order valence-corrected chi connectivity index (χ3v) is 5.69. The number of carbonyl (C=O) groups excluding carboxylic acids is 1. The van der Waals surface area contributed by atoms with E-state index in [2.05, 4.69) is 48.5 Å². The van der Waals surface area contributed by atoms with Gasteiger partial charge in [-0.1, -0.05) is 61.3 Å². The van der Waals surface area contributed by atoms with E-state index in [4.69, 9.17) is 11.6 Å². The van der Waals surface area contributed by atoms with Crippen LogP contribution in [0.1, 0.15) is 78.9 Å². The zero-order valence-electron chi connectivity index (χ0n) is 16.0. The molecular weight excluding hydrogens is 340 g/mol. The molecule has 1 rings (SSSR count). The van der Waals surface area contributed by atoms with E-state index in [1.54, 1.807) is 0 Å². The van der Waals surface area contributed by atoms with Gasteiger partial charge in [-0.05, 0) is 41.0 Å². The number of halogens is 1. The molecule has 0 aromatic heterocycles. The zero-order chi connectivity index (χ0) is 18.7. The van der Waals surface area contributed by atoms with E-state index in [0.717, 1.165) is 35.3 Å². The van der Waals surface area contributed by atoms with Gasteiger partial charge >= 0.3 is 0 Å². The van der Waals surface area contributed by atoms with Gasteiger partial charge in [-0.15, -0.1) is 11.8 Å². The van der Waals surface area contributed by atoms with Crippen molar-refractivity contribution in [3.05, 3.63) is 23.3 Å². The summed E-state index contributed by atoms with van der Waals surface area (Å²) in [6, 6.07) is 4.02. The molecule has 0 fully saturated rings. The quantitative estimate of drug-likeness (QED) is 0.464. The van der Waals surface area contributed by atoms with Crippen LogP contribution in [-0.2, 0) is 15.6 Å². The fourth-order valence-electron chi connectivity index (χ4n) is 2.59. The van der Waals surface area contributed by atoms with Crippen LogP contribution in [0.4, 0.5) is 0 Å². The fourth-order valence-corrected chi connectivity index (χ4v) is 3.91. The zero-order valence-corrected chi connectivity index (χ0v) is 17.6. The topological polar surface area (TPSA) is 37.3 Å². The maximum Gasteiger partial charge on any atom is 0.235 e. The lowest BCUT2D eigenvalue weighted by Gasteiger charge is -2.28. The Morgan fingerprint density at radius 2 is 1.58 bits per heavy atom. The second kappa shape index (κ2) is 8.14. The predicted octanol–water partition coefficient (Wildman–Crippen LogP) is 6.40. The maximum atomic E-state index is 11.8. The largest absolute Gasteiger partial charge is 0.507 e. The lowest BCUT2D eigenvalue weighted by molar-refractivity contribution is -0.111. The summed E-state index contributed by atoms with van der Waals surface area (Å²) >= 11 is 7.32. The van der Waals surface area contributed by atoms with Crippen LogP contribution >= 0.6 is 23.4 Å². The van der Waals surface area contributed by atoms with E-state index >= 15 is 0 Å². The summed E-state index contributed by atoms with van der Waals surface area (Å²) in [4.78, 5) is 12.8. The third-order valence-electron chi connectivity index (χ3n) is 4.05. The molecule has 2 nitrogen and oxygen atoms in total. The van der Waals surface area contributed by atoms with Gasteiger partial charge in [-0.2, -0.15) is 0 Å². The van der Waals surface area contributed by atoms with Crippen LogP contribution in [0.3, 0.4) is 0 Å². The van der Waals surface area contributed by atoms with Crippen molar-refractivity contribution in [3.63, 3.8) is 0 Å². The first-order valence-electron chi connectivity index (χ1n) is 8.62. The highest BCUT2D eigenvalue weighted by molar-refractivity contribution is 8.00. The van der Waals surface area contributed by atoms with Gasteiger partial charge in [-0.25, -0.2) is 0 Å². The second-order valence-electron chi connectivity index (χ2n) is 8.42. The highest BCUT2D eigenvalue weighted by Crippen LogP contribution is 2.43. The molecule has 0 aliphatic carbocycles. The average molecular weight is 371 g/mol. The number of hydrogen-bond donors (Lipinski definition) is 1. The van der Waals surface area contributed by atoms with Gasteiger partial charge in [0.15, 0.2) is 0 Å². The van der Waals surface area contributed by atoms with Gasteiger partial charge in [0.05, 0.1) is 5.25 Å². The van der Waals surface area contributed by atoms with Gasteiger partial charge in [-0.3, -0.25) is 4.79 Å². The number of unbranched alkanes of at least 4 members (excludes halogenated alkanes) is 1. The number of aromatic hydroxyl groups is 1. The molecule has 0 spiro atoms. The summed E-state index contributed by atoms with van der Waals surface area (Å²) in [6.45, 7) is 14.6. The summed E-state index contributed by atoms with van der Waals surface area (Å²) in [5.74, 6) is 0.363. The van der Waals surface area contributed by atoms with Crippen molar-refractivity contribution < 1.29 is 9.90 Å². The highest BCUT2D eigenvalue weighted by Gasteiger charge is 2.28. The van der Waals surface area contributed by atoms with Crippen LogP contribution < -0.4 is 0 Å². The maximum absolute atomic E-state index is 11.8. The van der Waals surface area contributed by atoms with Gasteiger partial charge in [0.25, 0.3) is 0 Å². The molecule has 0 amide bonds. The molecule has 1 N–H and O–H groups in total. The van der Waals surface area contributed by atoms with Crippen molar-refractivity contribution in [2.24, 2.45) is 0 Å². The molecule has 0 bridgehead atoms. The fraction of sp³-hybridized carbons (Fsp3) is 0.650. The third kappa shape index (κ3) is 5.70. The van der Waals surface area contributed by atoms with Crippen molar-refractivity contribution in [1.82, 2.24) is 0 Å². The monoisotopic (exact) mass is 370 g/mol. The number of hydrogen-bond acceptors (Lipinski definition) is 3. The molecule has 1 aromatic carbocycles. The molecule has 0 saturated carbocycles. The summed E-state index contributed by atoms with van der Waals surface area (Å²) < 4.78 is 0. The molecule has 0 saturated heterocycles. The highest BCUT2D eigenvalue weighted by atomic mass is 35.5. The molecular formula is C20H31ClO2S. The van der Waals surface area contributed by atoms with Gasteiger partial charge < -0.3 is 5.11 Å². The van der Waals surface area contributed by atoms with Crippen LogP contribution in [0, 0.1) is 0 Å². The van der Waals surface area contributed by atoms with Crippen LogP contribution in [0.15, 0.2) is 17.0 Å². The number of carbonyl (C=O) groups is 1. The molecule has 0 heterocycles. The van der Waals surface area contributed by atoms with Gasteiger partial charge in [0.2, 0.25) is 5.24 Å². The van der Waals surface area contributed by atoms with Crippen LogP contribution in [0.2, 0.25) is 0 Å². The van der Waals surface area contributed by atoms with Crippen molar-refractivity contribution in [1.29, 1.82) is 0 Å². The van der Waals surface area contributed by atoms with Gasteiger partial charge in [0, 0.05) is 16.0 Å². The number of thioether (sulfide) groups is 1. The molecule has 4 heteroatoms. The lowest BCUT2D eigenvalue weighted by Crippen LogP contribution is -2.18. The first kappa shape index (κ1) is 21.4. The Labute approximate surface area is 156 Å². The number of rotatable bonds is 6. The van der Waals surface area contributed by atoms with Crippen LogP contribution in [0.25, 0.3) is 0 Å². The van der Waals surface area contributed by atoms with Crippen molar-refractivity contribution in [2.45, 2.75) is 88.7 Å². The molecule has 24 heavy (non-hydrogen) atoms. The van der Waals surface area contributed by atoms with Crippen molar-refractivity contribution >= 4 is 28.6 Å². The standard InChI is InChI=1S/C20H31ClO2S/c1-8-9-10-16(18(21)23)24-13-11-14(19(2,3)4)17(22)15(12-13)20(5,6)7/h11-12,16,22H,8-10H2,1-7H3. The summed E-state index contributed by atoms with van der Waals surface area (Å²) in [6.07, 6.45) is 2.80. The minimum absolute atomic E-state index is 0.176. The lowest BCUT2D eigenvalue weighted by atomic mass is 9.79. The summed E-state index contributed by atoms with van der Waals surface area (Å²) in [5, 5.41) is 10.2. The molecule has 136 valence electrons. The van der Waals surface area contributed by atoms with Crippen LogP contribution in [-0.4, -0.2) is 15.6 Å². The molecule has 1 unspecified atom stereocenters. The van der Waals surface area contributed by atoms with E-state index in [9.17, 15) is 9.90 Å². The number of phenols is 1. The smallest absolute Gasteiger partial charge is 0.235 e. The van der Waals surface area contributed by atoms with E-state index in [1.165, 1.54) is 11.8 Å². The Hall–Kier alpha value is -0.670. The Kier molecular flexibility index (Phi) is 7.25. The predicted molar refractivity (Wildman–Crippen MR) is 106 cm³/mol. The van der Waals surface area contributed by atoms with Crippen molar-refractivity contribution in [3.8, 4) is 5.75 Å². The molecule has 1 aromatic rings. The Morgan fingerprint density at radius 3 is 1.92 bits per heavy atom. The van der Waals surface area contributed by atoms with E-state index < -0.39 is 0 Å². The second-order valence-corrected chi connectivity index (χ2v) is 10.1. The number of benzene rings is 1. The van der Waals surface area contributed by atoms with Crippen LogP contribution in [0.5, 0.6) is 5.75 Å². The first-order chi connectivity index (χ1) is 10.9. The minimum atomic E-state index is -0.295. The Morgan fingerprint density at radius 1 is 1.12 bits per heavy atom. The Balaban J connectivity index is 3.35. The molecule has 0 aliphatic rings. The molecule has 1 atom stereocenters. The van der Waals surface area contributed by atoms with E-state index in [1.807, 2.05) is 12.1 Å². The number of phenolic OH excluding ortho intramolecular Hbond substituents is 1. The summed E-state index contributed by atoms with van der Waals surface area (Å²) in [7, 11) is 0. The first-order valence-corrected chi connectivity index (χ1v) is 9.87. The van der Waals surface area contributed by atoms with Crippen molar-refractivity contribution in [2.75, 3.05) is 0 Å².